The Morgan fingerprint density at radius 1 is 1.26 bits per heavy atom. The van der Waals surface area contributed by atoms with Gasteiger partial charge in [0.15, 0.2) is 5.69 Å². The highest BCUT2D eigenvalue weighted by Crippen LogP contribution is 2.30. The van der Waals surface area contributed by atoms with Gasteiger partial charge >= 0.3 is 6.18 Å². The Morgan fingerprint density at radius 2 is 1.89 bits per heavy atom. The van der Waals surface area contributed by atoms with E-state index in [1.54, 1.807) is 30.3 Å². The van der Waals surface area contributed by atoms with E-state index in [2.05, 4.69) is 15.7 Å². The van der Waals surface area contributed by atoms with Crippen molar-refractivity contribution in [1.82, 2.24) is 20.4 Å². The molecule has 2 rings (SSSR count). The fourth-order valence-corrected chi connectivity index (χ4v) is 2.75. The molecule has 0 spiro atoms. The molecule has 27 heavy (non-hydrogen) atoms. The van der Waals surface area contributed by atoms with Crippen LogP contribution in [0.4, 0.5) is 13.2 Å². The molecule has 0 aliphatic heterocycles. The van der Waals surface area contributed by atoms with E-state index >= 15 is 0 Å². The minimum atomic E-state index is -4.80. The molecular formula is C17H20F3N5O2. The average molecular weight is 383 g/mol. The van der Waals surface area contributed by atoms with Gasteiger partial charge < -0.3 is 16.4 Å². The number of hydrogen-bond acceptors (Lipinski definition) is 4. The van der Waals surface area contributed by atoms with Gasteiger partial charge in [0.1, 0.15) is 6.04 Å². The molecule has 2 aromatic rings. The Labute approximate surface area is 153 Å². The molecule has 4 N–H and O–H groups in total. The maximum atomic E-state index is 13.1. The van der Waals surface area contributed by atoms with Gasteiger partial charge in [-0.15, -0.1) is 0 Å². The van der Waals surface area contributed by atoms with Crippen molar-refractivity contribution in [3.05, 3.63) is 53.3 Å². The number of aromatic nitrogens is 2. The first-order chi connectivity index (χ1) is 12.7. The summed E-state index contributed by atoms with van der Waals surface area (Å²) in [6.45, 7) is 0.00154. The van der Waals surface area contributed by atoms with Crippen LogP contribution in [-0.2, 0) is 18.0 Å². The third-order valence-electron chi connectivity index (χ3n) is 4.04. The number of hydrogen-bond donors (Lipinski definition) is 3. The predicted octanol–water partition coefficient (Wildman–Crippen LogP) is 1.03. The molecule has 0 bridgehead atoms. The highest BCUT2D eigenvalue weighted by molar-refractivity contribution is 5.98. The van der Waals surface area contributed by atoms with Crippen LogP contribution < -0.4 is 16.4 Å². The lowest BCUT2D eigenvalue weighted by molar-refractivity contribution is -0.141. The molecule has 0 aliphatic carbocycles. The summed E-state index contributed by atoms with van der Waals surface area (Å²) in [6.07, 6.45) is -3.85. The third kappa shape index (κ3) is 4.64. The second-order valence-electron chi connectivity index (χ2n) is 5.88. The molecule has 0 unspecified atom stereocenters. The van der Waals surface area contributed by atoms with E-state index in [9.17, 15) is 22.8 Å². The van der Waals surface area contributed by atoms with Crippen molar-refractivity contribution in [3.8, 4) is 0 Å². The first-order valence-corrected chi connectivity index (χ1v) is 8.07. The van der Waals surface area contributed by atoms with Crippen molar-refractivity contribution in [3.63, 3.8) is 0 Å². The van der Waals surface area contributed by atoms with Crippen LogP contribution in [0.25, 0.3) is 0 Å². The summed E-state index contributed by atoms with van der Waals surface area (Å²) in [5.74, 6) is -2.25. The number of carbonyl (C=O) groups excluding carboxylic acids is 2. The summed E-state index contributed by atoms with van der Waals surface area (Å²) in [4.78, 5) is 24.8. The number of aryl methyl sites for hydroxylation is 1. The number of alkyl halides is 3. The monoisotopic (exact) mass is 383 g/mol. The first-order valence-electron chi connectivity index (χ1n) is 8.07. The van der Waals surface area contributed by atoms with E-state index in [0.29, 0.717) is 5.56 Å². The normalized spacial score (nSPS) is 13.7. The van der Waals surface area contributed by atoms with Crippen molar-refractivity contribution in [2.24, 2.45) is 12.8 Å². The molecule has 1 aromatic heterocycles. The Hall–Kier alpha value is -2.88. The molecule has 2 atom stereocenters. The van der Waals surface area contributed by atoms with E-state index in [4.69, 9.17) is 5.73 Å². The van der Waals surface area contributed by atoms with Crippen molar-refractivity contribution in [2.45, 2.75) is 18.1 Å². The molecule has 2 amide bonds. The quantitative estimate of drug-likeness (QED) is 0.693. The van der Waals surface area contributed by atoms with Crippen molar-refractivity contribution >= 4 is 11.8 Å². The Balaban J connectivity index is 2.37. The van der Waals surface area contributed by atoms with Crippen LogP contribution in [0, 0.1) is 0 Å². The highest BCUT2D eigenvalue weighted by atomic mass is 19.4. The number of nitrogens with one attached hydrogen (secondary N) is 2. The van der Waals surface area contributed by atoms with Gasteiger partial charge in [0.2, 0.25) is 5.91 Å². The Kier molecular flexibility index (Phi) is 6.21. The van der Waals surface area contributed by atoms with Crippen molar-refractivity contribution < 1.29 is 22.8 Å². The second kappa shape index (κ2) is 8.21. The Morgan fingerprint density at radius 3 is 2.41 bits per heavy atom. The maximum absolute atomic E-state index is 13.1. The molecule has 0 saturated heterocycles. The molecule has 0 saturated carbocycles. The fraction of sp³-hybridized carbons (Fsp3) is 0.353. The number of halogens is 3. The van der Waals surface area contributed by atoms with E-state index in [0.717, 1.165) is 10.9 Å². The van der Waals surface area contributed by atoms with Gasteiger partial charge in [0, 0.05) is 32.8 Å². The topological polar surface area (TPSA) is 102 Å². The van der Waals surface area contributed by atoms with Crippen LogP contribution in [0.1, 0.15) is 27.5 Å². The number of likely N-dealkylation sites (N-methyl/N-ethyl adjacent to an activating group) is 1. The largest absolute Gasteiger partial charge is 0.435 e. The van der Waals surface area contributed by atoms with Gasteiger partial charge in [-0.25, -0.2) is 0 Å². The van der Waals surface area contributed by atoms with Gasteiger partial charge in [0.25, 0.3) is 5.91 Å². The van der Waals surface area contributed by atoms with Crippen LogP contribution in [0.5, 0.6) is 0 Å². The minimum Gasteiger partial charge on any atom is -0.357 e. The van der Waals surface area contributed by atoms with Crippen LogP contribution in [0.2, 0.25) is 0 Å². The lowest BCUT2D eigenvalue weighted by atomic mass is 9.90. The highest BCUT2D eigenvalue weighted by Gasteiger charge is 2.40. The smallest absolute Gasteiger partial charge is 0.357 e. The van der Waals surface area contributed by atoms with Crippen molar-refractivity contribution in [1.29, 1.82) is 0 Å². The summed E-state index contributed by atoms with van der Waals surface area (Å²) in [6, 6.07) is 7.55. The van der Waals surface area contributed by atoms with Gasteiger partial charge in [0.05, 0.1) is 5.56 Å². The van der Waals surface area contributed by atoms with Gasteiger partial charge in [-0.05, 0) is 5.56 Å². The number of benzene rings is 1. The summed E-state index contributed by atoms with van der Waals surface area (Å²) in [5.41, 5.74) is 4.48. The molecule has 7 nitrogen and oxygen atoms in total. The lowest BCUT2D eigenvalue weighted by Gasteiger charge is -2.26. The van der Waals surface area contributed by atoms with Gasteiger partial charge in [-0.3, -0.25) is 14.3 Å². The summed E-state index contributed by atoms with van der Waals surface area (Å²) >= 11 is 0. The van der Waals surface area contributed by atoms with E-state index in [1.807, 2.05) is 0 Å². The molecule has 0 aliphatic rings. The zero-order chi connectivity index (χ0) is 20.2. The van der Waals surface area contributed by atoms with E-state index in [-0.39, 0.29) is 6.54 Å². The first kappa shape index (κ1) is 20.4. The minimum absolute atomic E-state index is 0.00154. The van der Waals surface area contributed by atoms with E-state index in [1.165, 1.54) is 14.1 Å². The molecule has 0 radical (unpaired) electrons. The molecule has 1 heterocycles. The average Bonchev–Trinajstić information content (AvgIpc) is 3.04. The maximum Gasteiger partial charge on any atom is 0.435 e. The van der Waals surface area contributed by atoms with Crippen LogP contribution in [-0.4, -0.2) is 41.2 Å². The molecule has 1 aromatic carbocycles. The van der Waals surface area contributed by atoms with Gasteiger partial charge in [-0.1, -0.05) is 30.3 Å². The van der Waals surface area contributed by atoms with Crippen LogP contribution >= 0.6 is 0 Å². The zero-order valence-corrected chi connectivity index (χ0v) is 14.7. The summed E-state index contributed by atoms with van der Waals surface area (Å²) < 4.78 is 40.2. The lowest BCUT2D eigenvalue weighted by Crippen LogP contribution is -2.51. The summed E-state index contributed by atoms with van der Waals surface area (Å²) in [5, 5.41) is 8.08. The second-order valence-corrected chi connectivity index (χ2v) is 5.88. The molecular weight excluding hydrogens is 363 g/mol. The number of rotatable bonds is 6. The summed E-state index contributed by atoms with van der Waals surface area (Å²) in [7, 11) is 2.64. The van der Waals surface area contributed by atoms with E-state index < -0.39 is 41.2 Å². The third-order valence-corrected chi connectivity index (χ3v) is 4.04. The number of nitrogens with zero attached hydrogens (tertiary/aromatic N) is 2. The molecule has 146 valence electrons. The van der Waals surface area contributed by atoms with Crippen molar-refractivity contribution in [2.75, 3.05) is 13.6 Å². The molecule has 10 heteroatoms. The number of carbonyl (C=O) groups is 2. The van der Waals surface area contributed by atoms with Gasteiger partial charge in [-0.2, -0.15) is 18.3 Å². The SMILES string of the molecule is CNC(=O)[C@@H](NC(=O)c1cn(C)nc1C(F)(F)F)[C@H](CN)c1ccccc1. The Bertz CT molecular complexity index is 805. The molecule has 0 fully saturated rings. The number of amides is 2. The standard InChI is InChI=1S/C17H20F3N5O2/c1-22-16(27)13(11(8-21)10-6-4-3-5-7-10)23-15(26)12-9-25(2)24-14(12)17(18,19)20/h3-7,9,11,13H,8,21H2,1-2H3,(H,22,27)(H,23,26)/t11-,13+/m1/s1. The predicted molar refractivity (Wildman–Crippen MR) is 91.8 cm³/mol. The van der Waals surface area contributed by atoms with Crippen LogP contribution in [0.15, 0.2) is 36.5 Å². The fourth-order valence-electron chi connectivity index (χ4n) is 2.75. The zero-order valence-electron chi connectivity index (χ0n) is 14.7. The number of nitrogens with two attached hydrogens (primary N) is 1. The van der Waals surface area contributed by atoms with Crippen LogP contribution in [0.3, 0.4) is 0 Å².